The molecular formula is C18H17NO5. The maximum absolute atomic E-state index is 12.2. The quantitative estimate of drug-likeness (QED) is 0.850. The molecule has 1 atom stereocenters. The predicted molar refractivity (Wildman–Crippen MR) is 87.5 cm³/mol. The van der Waals surface area contributed by atoms with Crippen LogP contribution >= 0.6 is 0 Å². The Labute approximate surface area is 139 Å². The van der Waals surface area contributed by atoms with E-state index in [0.717, 1.165) is 5.69 Å². The molecule has 1 N–H and O–H groups in total. The molecule has 6 nitrogen and oxygen atoms in total. The van der Waals surface area contributed by atoms with E-state index in [2.05, 4.69) is 0 Å². The summed E-state index contributed by atoms with van der Waals surface area (Å²) in [6.07, 6.45) is 0.544. The summed E-state index contributed by atoms with van der Waals surface area (Å²) in [5.41, 5.74) is 0.859. The first kappa shape index (κ1) is 16.0. The topological polar surface area (TPSA) is 76.1 Å². The fraction of sp³-hybridized carbons (Fsp3) is 0.222. The van der Waals surface area contributed by atoms with E-state index >= 15 is 0 Å². The number of para-hydroxylation sites is 1. The van der Waals surface area contributed by atoms with Crippen LogP contribution in [0.4, 0.5) is 5.69 Å². The molecule has 1 amide bonds. The van der Waals surface area contributed by atoms with Gasteiger partial charge in [0.05, 0.1) is 18.2 Å². The summed E-state index contributed by atoms with van der Waals surface area (Å²) < 4.78 is 11.0. The molecule has 6 heteroatoms. The van der Waals surface area contributed by atoms with Crippen LogP contribution in [0.15, 0.2) is 48.5 Å². The third kappa shape index (κ3) is 3.23. The SMILES string of the molecule is O=Cc1c(O)cccc1OCC1COCC(=O)N1c1ccccc1. The summed E-state index contributed by atoms with van der Waals surface area (Å²) in [5, 5.41) is 9.70. The highest BCUT2D eigenvalue weighted by molar-refractivity contribution is 5.95. The number of phenolic OH excluding ortho intramolecular Hbond substituents is 1. The van der Waals surface area contributed by atoms with Gasteiger partial charge in [0.25, 0.3) is 5.91 Å². The molecule has 1 heterocycles. The molecule has 1 saturated heterocycles. The Kier molecular flexibility index (Phi) is 4.77. The van der Waals surface area contributed by atoms with Crippen molar-refractivity contribution >= 4 is 17.9 Å². The number of carbonyl (C=O) groups is 2. The third-order valence-electron chi connectivity index (χ3n) is 3.80. The monoisotopic (exact) mass is 327 g/mol. The molecule has 0 aliphatic carbocycles. The van der Waals surface area contributed by atoms with Crippen LogP contribution in [-0.2, 0) is 9.53 Å². The van der Waals surface area contributed by atoms with E-state index in [1.165, 1.54) is 6.07 Å². The highest BCUT2D eigenvalue weighted by Gasteiger charge is 2.30. The molecule has 124 valence electrons. The van der Waals surface area contributed by atoms with E-state index in [1.807, 2.05) is 30.3 Å². The second-order valence-electron chi connectivity index (χ2n) is 5.39. The van der Waals surface area contributed by atoms with Crippen LogP contribution in [-0.4, -0.2) is 43.2 Å². The van der Waals surface area contributed by atoms with Crippen LogP contribution < -0.4 is 9.64 Å². The van der Waals surface area contributed by atoms with Crippen molar-refractivity contribution in [2.75, 3.05) is 24.7 Å². The lowest BCUT2D eigenvalue weighted by Gasteiger charge is -2.35. The van der Waals surface area contributed by atoms with E-state index < -0.39 is 0 Å². The van der Waals surface area contributed by atoms with E-state index in [0.29, 0.717) is 12.9 Å². The Bertz CT molecular complexity index is 731. The molecule has 0 saturated carbocycles. The lowest BCUT2D eigenvalue weighted by molar-refractivity contribution is -0.127. The first-order valence-corrected chi connectivity index (χ1v) is 7.55. The molecular weight excluding hydrogens is 310 g/mol. The first-order valence-electron chi connectivity index (χ1n) is 7.55. The average Bonchev–Trinajstić information content (AvgIpc) is 2.60. The van der Waals surface area contributed by atoms with Crippen molar-refractivity contribution in [2.45, 2.75) is 6.04 Å². The lowest BCUT2D eigenvalue weighted by Crippen LogP contribution is -2.52. The summed E-state index contributed by atoms with van der Waals surface area (Å²) in [4.78, 5) is 25.0. The maximum atomic E-state index is 12.2. The highest BCUT2D eigenvalue weighted by Crippen LogP contribution is 2.27. The summed E-state index contributed by atoms with van der Waals surface area (Å²) in [6.45, 7) is 0.498. The van der Waals surface area contributed by atoms with E-state index in [9.17, 15) is 14.7 Å². The molecule has 1 aliphatic heterocycles. The number of anilines is 1. The van der Waals surface area contributed by atoms with Crippen LogP contribution in [0.25, 0.3) is 0 Å². The number of hydrogen-bond acceptors (Lipinski definition) is 5. The van der Waals surface area contributed by atoms with Crippen molar-refractivity contribution in [2.24, 2.45) is 0 Å². The van der Waals surface area contributed by atoms with Crippen molar-refractivity contribution in [3.8, 4) is 11.5 Å². The van der Waals surface area contributed by atoms with Crippen LogP contribution in [0, 0.1) is 0 Å². The summed E-state index contributed by atoms with van der Waals surface area (Å²) in [6, 6.07) is 13.6. The van der Waals surface area contributed by atoms with Gasteiger partial charge in [-0.3, -0.25) is 9.59 Å². The number of nitrogens with zero attached hydrogens (tertiary/aromatic N) is 1. The molecule has 2 aromatic carbocycles. The maximum Gasteiger partial charge on any atom is 0.253 e. The number of aldehydes is 1. The Morgan fingerprint density at radius 2 is 2.00 bits per heavy atom. The normalized spacial score (nSPS) is 17.6. The van der Waals surface area contributed by atoms with Gasteiger partial charge < -0.3 is 19.5 Å². The van der Waals surface area contributed by atoms with Gasteiger partial charge in [0.2, 0.25) is 0 Å². The average molecular weight is 327 g/mol. The molecule has 2 aromatic rings. The number of benzene rings is 2. The second kappa shape index (κ2) is 7.14. The smallest absolute Gasteiger partial charge is 0.253 e. The number of aromatic hydroxyl groups is 1. The van der Waals surface area contributed by atoms with Gasteiger partial charge in [-0.05, 0) is 24.3 Å². The molecule has 1 fully saturated rings. The zero-order valence-electron chi connectivity index (χ0n) is 12.9. The standard InChI is InChI=1S/C18H17NO5/c20-9-15-16(21)7-4-8-17(15)24-11-14-10-23-12-18(22)19(14)13-5-2-1-3-6-13/h1-9,14,21H,10-12H2. The van der Waals surface area contributed by atoms with Gasteiger partial charge in [-0.15, -0.1) is 0 Å². The Hall–Kier alpha value is -2.86. The Morgan fingerprint density at radius 1 is 1.21 bits per heavy atom. The van der Waals surface area contributed by atoms with E-state index in [1.54, 1.807) is 17.0 Å². The molecule has 1 unspecified atom stereocenters. The zero-order chi connectivity index (χ0) is 16.9. The molecule has 0 bridgehead atoms. The Balaban J connectivity index is 1.79. The minimum absolute atomic E-state index is 0.0249. The second-order valence-corrected chi connectivity index (χ2v) is 5.39. The number of hydrogen-bond donors (Lipinski definition) is 1. The minimum Gasteiger partial charge on any atom is -0.507 e. The van der Waals surface area contributed by atoms with Gasteiger partial charge in [-0.25, -0.2) is 0 Å². The van der Waals surface area contributed by atoms with Crippen LogP contribution in [0.2, 0.25) is 0 Å². The highest BCUT2D eigenvalue weighted by atomic mass is 16.5. The summed E-state index contributed by atoms with van der Waals surface area (Å²) >= 11 is 0. The van der Waals surface area contributed by atoms with Crippen molar-refractivity contribution in [3.05, 3.63) is 54.1 Å². The minimum atomic E-state index is -0.324. The molecule has 3 rings (SSSR count). The number of carbonyl (C=O) groups excluding carboxylic acids is 2. The number of amides is 1. The summed E-state index contributed by atoms with van der Waals surface area (Å²) in [5.74, 6) is -0.0120. The lowest BCUT2D eigenvalue weighted by atomic mass is 10.1. The zero-order valence-corrected chi connectivity index (χ0v) is 12.9. The van der Waals surface area contributed by atoms with Gasteiger partial charge in [0.15, 0.2) is 6.29 Å². The number of morpholine rings is 1. The first-order chi connectivity index (χ1) is 11.7. The van der Waals surface area contributed by atoms with Crippen molar-refractivity contribution in [3.63, 3.8) is 0 Å². The molecule has 0 aromatic heterocycles. The van der Waals surface area contributed by atoms with Crippen LogP contribution in [0.1, 0.15) is 10.4 Å². The van der Waals surface area contributed by atoms with Gasteiger partial charge in [0, 0.05) is 5.69 Å². The number of rotatable bonds is 5. The molecule has 0 spiro atoms. The molecule has 0 radical (unpaired) electrons. The molecule has 24 heavy (non-hydrogen) atoms. The Morgan fingerprint density at radius 3 is 2.75 bits per heavy atom. The fourth-order valence-electron chi connectivity index (χ4n) is 2.66. The van der Waals surface area contributed by atoms with E-state index in [-0.39, 0.29) is 42.2 Å². The predicted octanol–water partition coefficient (Wildman–Crippen LogP) is 2.02. The van der Waals surface area contributed by atoms with Gasteiger partial charge >= 0.3 is 0 Å². The molecule has 1 aliphatic rings. The third-order valence-corrected chi connectivity index (χ3v) is 3.80. The van der Waals surface area contributed by atoms with Gasteiger partial charge in [0.1, 0.15) is 24.7 Å². The van der Waals surface area contributed by atoms with Crippen molar-refractivity contribution in [1.29, 1.82) is 0 Å². The number of phenols is 1. The largest absolute Gasteiger partial charge is 0.507 e. The van der Waals surface area contributed by atoms with Crippen LogP contribution in [0.3, 0.4) is 0 Å². The van der Waals surface area contributed by atoms with Gasteiger partial charge in [-0.2, -0.15) is 0 Å². The van der Waals surface area contributed by atoms with Crippen molar-refractivity contribution in [1.82, 2.24) is 0 Å². The van der Waals surface area contributed by atoms with E-state index in [4.69, 9.17) is 9.47 Å². The fourth-order valence-corrected chi connectivity index (χ4v) is 2.66. The number of ether oxygens (including phenoxy) is 2. The van der Waals surface area contributed by atoms with Gasteiger partial charge in [-0.1, -0.05) is 24.3 Å². The van der Waals surface area contributed by atoms with Crippen molar-refractivity contribution < 1.29 is 24.2 Å². The summed E-state index contributed by atoms with van der Waals surface area (Å²) in [7, 11) is 0. The van der Waals surface area contributed by atoms with Crippen LogP contribution in [0.5, 0.6) is 11.5 Å².